The minimum absolute atomic E-state index is 0.0245. The van der Waals surface area contributed by atoms with Crippen molar-refractivity contribution in [3.05, 3.63) is 24.3 Å². The van der Waals surface area contributed by atoms with Gasteiger partial charge in [-0.1, -0.05) is 19.0 Å². The number of anilines is 1. The van der Waals surface area contributed by atoms with E-state index in [0.717, 1.165) is 11.2 Å². The molecule has 1 aromatic rings. The number of hydrogen-bond donors (Lipinski definition) is 2. The third-order valence-electron chi connectivity index (χ3n) is 2.19. The van der Waals surface area contributed by atoms with Gasteiger partial charge in [-0.25, -0.2) is 4.79 Å². The smallest absolute Gasteiger partial charge is 0.323 e. The lowest BCUT2D eigenvalue weighted by molar-refractivity contribution is 0.254. The zero-order chi connectivity index (χ0) is 11.3. The van der Waals surface area contributed by atoms with Gasteiger partial charge >= 0.3 is 12.9 Å². The summed E-state index contributed by atoms with van der Waals surface area (Å²) in [5.74, 6) is 0. The van der Waals surface area contributed by atoms with E-state index in [1.807, 2.05) is 31.1 Å². The van der Waals surface area contributed by atoms with Crippen LogP contribution < -0.4 is 16.1 Å². The van der Waals surface area contributed by atoms with Crippen LogP contribution in [0.2, 0.25) is 6.82 Å². The van der Waals surface area contributed by atoms with Crippen LogP contribution in [0, 0.1) is 0 Å². The number of hydrogen-bond acceptors (Lipinski definition) is 2. The Labute approximate surface area is 90.1 Å². The third-order valence-corrected chi connectivity index (χ3v) is 2.19. The average molecular weight is 206 g/mol. The zero-order valence-electron chi connectivity index (χ0n) is 9.20. The molecule has 0 fully saturated rings. The first-order chi connectivity index (χ1) is 7.17. The fraction of sp³-hybridized carbons (Fsp3) is 0.300. The summed E-state index contributed by atoms with van der Waals surface area (Å²) >= 11 is 0. The summed E-state index contributed by atoms with van der Waals surface area (Å²) in [7, 11) is 3.24. The molecular formula is C10H15BN2O2. The Kier molecular flexibility index (Phi) is 4.18. The first-order valence-electron chi connectivity index (χ1n) is 4.79. The van der Waals surface area contributed by atoms with Crippen molar-refractivity contribution in [1.29, 1.82) is 0 Å². The molecule has 0 aliphatic carbocycles. The molecule has 0 unspecified atom stereocenters. The Morgan fingerprint density at radius 3 is 2.80 bits per heavy atom. The van der Waals surface area contributed by atoms with Gasteiger partial charge in [0.2, 0.25) is 0 Å². The minimum Gasteiger partial charge on any atom is -0.434 e. The lowest BCUT2D eigenvalue weighted by atomic mass is 9.64. The topological polar surface area (TPSA) is 50.4 Å². The van der Waals surface area contributed by atoms with Crippen molar-refractivity contribution in [3.63, 3.8) is 0 Å². The molecule has 2 N–H and O–H groups in total. The first-order valence-corrected chi connectivity index (χ1v) is 4.79. The Hall–Kier alpha value is -1.49. The quantitative estimate of drug-likeness (QED) is 0.722. The van der Waals surface area contributed by atoms with Crippen molar-refractivity contribution in [2.45, 2.75) is 6.82 Å². The van der Waals surface area contributed by atoms with Crippen LogP contribution in [0.15, 0.2) is 24.3 Å². The van der Waals surface area contributed by atoms with Crippen molar-refractivity contribution in [1.82, 2.24) is 5.32 Å². The Balaban J connectivity index is 2.78. The Morgan fingerprint density at radius 2 is 2.20 bits per heavy atom. The molecule has 5 heteroatoms. The standard InChI is InChI=1S/C10H15BN2O2/c1-11(15-3)8-5-4-6-9(7-8)13-10(14)12-2/h4-7H,1-3H3,(H2,12,13,14). The van der Waals surface area contributed by atoms with Crippen LogP contribution in [0.3, 0.4) is 0 Å². The number of carbonyl (C=O) groups excluding carboxylic acids is 1. The molecule has 1 aromatic carbocycles. The molecule has 0 aromatic heterocycles. The van der Waals surface area contributed by atoms with Crippen molar-refractivity contribution >= 4 is 24.1 Å². The Morgan fingerprint density at radius 1 is 1.47 bits per heavy atom. The highest BCUT2D eigenvalue weighted by atomic mass is 16.4. The van der Waals surface area contributed by atoms with E-state index in [-0.39, 0.29) is 12.9 Å². The van der Waals surface area contributed by atoms with Crippen molar-refractivity contribution in [2.75, 3.05) is 19.5 Å². The van der Waals surface area contributed by atoms with Gasteiger partial charge in [0.05, 0.1) is 0 Å². The van der Waals surface area contributed by atoms with Crippen molar-refractivity contribution in [2.24, 2.45) is 0 Å². The maximum absolute atomic E-state index is 11.1. The fourth-order valence-electron chi connectivity index (χ4n) is 1.20. The molecular weight excluding hydrogens is 191 g/mol. The van der Waals surface area contributed by atoms with Gasteiger partial charge < -0.3 is 15.3 Å². The number of urea groups is 1. The second-order valence-electron chi connectivity index (χ2n) is 3.21. The largest absolute Gasteiger partial charge is 0.434 e. The molecule has 0 aliphatic heterocycles. The summed E-state index contributed by atoms with van der Waals surface area (Å²) in [6, 6.07) is 7.35. The van der Waals surface area contributed by atoms with Crippen LogP contribution in [0.5, 0.6) is 0 Å². The lowest BCUT2D eigenvalue weighted by Gasteiger charge is -2.09. The van der Waals surface area contributed by atoms with Gasteiger partial charge in [0.25, 0.3) is 0 Å². The van der Waals surface area contributed by atoms with Crippen molar-refractivity contribution in [3.8, 4) is 0 Å². The number of nitrogens with one attached hydrogen (secondary N) is 2. The van der Waals surface area contributed by atoms with E-state index in [1.54, 1.807) is 14.2 Å². The molecule has 80 valence electrons. The number of rotatable bonds is 3. The van der Waals surface area contributed by atoms with Crippen LogP contribution in [0.1, 0.15) is 0 Å². The van der Waals surface area contributed by atoms with E-state index in [0.29, 0.717) is 0 Å². The van der Waals surface area contributed by atoms with E-state index >= 15 is 0 Å². The molecule has 15 heavy (non-hydrogen) atoms. The summed E-state index contributed by atoms with van der Waals surface area (Å²) in [6.45, 7) is 1.98. The zero-order valence-corrected chi connectivity index (χ0v) is 9.20. The molecule has 0 saturated heterocycles. The molecule has 0 bridgehead atoms. The normalized spacial score (nSPS) is 9.53. The monoisotopic (exact) mass is 206 g/mol. The predicted molar refractivity (Wildman–Crippen MR) is 62.8 cm³/mol. The third kappa shape index (κ3) is 3.29. The summed E-state index contributed by atoms with van der Waals surface area (Å²) in [6.07, 6.45) is 0. The van der Waals surface area contributed by atoms with Gasteiger partial charge in [0, 0.05) is 19.8 Å². The number of amides is 2. The highest BCUT2D eigenvalue weighted by Gasteiger charge is 2.10. The van der Waals surface area contributed by atoms with Crippen LogP contribution in [-0.2, 0) is 4.65 Å². The second kappa shape index (κ2) is 5.41. The molecule has 0 saturated carbocycles. The molecule has 0 heterocycles. The second-order valence-corrected chi connectivity index (χ2v) is 3.21. The number of benzene rings is 1. The van der Waals surface area contributed by atoms with Crippen LogP contribution in [-0.4, -0.2) is 27.1 Å². The maximum atomic E-state index is 11.1. The van der Waals surface area contributed by atoms with Crippen LogP contribution in [0.4, 0.5) is 10.5 Å². The SMILES string of the molecule is CNC(=O)Nc1cccc(B(C)OC)c1. The van der Waals surface area contributed by atoms with Gasteiger partial charge in [0.1, 0.15) is 0 Å². The molecule has 2 amide bonds. The van der Waals surface area contributed by atoms with Crippen LogP contribution >= 0.6 is 0 Å². The minimum atomic E-state index is -0.225. The molecule has 4 nitrogen and oxygen atoms in total. The summed E-state index contributed by atoms with van der Waals surface area (Å²) < 4.78 is 5.19. The van der Waals surface area contributed by atoms with Gasteiger partial charge in [0.15, 0.2) is 0 Å². The first kappa shape index (κ1) is 11.6. The van der Waals surface area contributed by atoms with Gasteiger partial charge in [-0.05, 0) is 17.6 Å². The molecule has 0 aliphatic rings. The average Bonchev–Trinajstić information content (AvgIpc) is 2.28. The lowest BCUT2D eigenvalue weighted by Crippen LogP contribution is -2.30. The summed E-state index contributed by atoms with van der Waals surface area (Å²) in [5.41, 5.74) is 1.79. The highest BCUT2D eigenvalue weighted by Crippen LogP contribution is 2.04. The predicted octanol–water partition coefficient (Wildman–Crippen LogP) is 0.913. The van der Waals surface area contributed by atoms with Crippen molar-refractivity contribution < 1.29 is 9.45 Å². The van der Waals surface area contributed by atoms with Gasteiger partial charge in [-0.3, -0.25) is 0 Å². The highest BCUT2D eigenvalue weighted by molar-refractivity contribution is 6.66. The van der Waals surface area contributed by atoms with E-state index in [1.165, 1.54) is 0 Å². The summed E-state index contributed by atoms with van der Waals surface area (Å²) in [5, 5.41) is 5.20. The Bertz CT molecular complexity index is 344. The van der Waals surface area contributed by atoms with Gasteiger partial charge in [-0.15, -0.1) is 0 Å². The molecule has 1 rings (SSSR count). The molecule has 0 atom stereocenters. The van der Waals surface area contributed by atoms with Crippen LogP contribution in [0.25, 0.3) is 0 Å². The van der Waals surface area contributed by atoms with E-state index in [4.69, 9.17) is 4.65 Å². The maximum Gasteiger partial charge on any atom is 0.323 e. The fourth-order valence-corrected chi connectivity index (χ4v) is 1.20. The molecule has 0 spiro atoms. The summed E-state index contributed by atoms with van der Waals surface area (Å²) in [4.78, 5) is 11.1. The van der Waals surface area contributed by atoms with E-state index in [2.05, 4.69) is 10.6 Å². The van der Waals surface area contributed by atoms with E-state index in [9.17, 15) is 4.79 Å². The van der Waals surface area contributed by atoms with E-state index < -0.39 is 0 Å². The number of carbonyl (C=O) groups is 1. The van der Waals surface area contributed by atoms with Gasteiger partial charge in [-0.2, -0.15) is 0 Å². The molecule has 0 radical (unpaired) electrons.